The molecule has 0 aliphatic carbocycles. The van der Waals surface area contributed by atoms with Gasteiger partial charge in [-0.2, -0.15) is 0 Å². The number of hydrogen-bond acceptors (Lipinski definition) is 3. The van der Waals surface area contributed by atoms with Crippen molar-refractivity contribution < 1.29 is 0 Å². The van der Waals surface area contributed by atoms with Crippen LogP contribution in [0.1, 0.15) is 0 Å². The summed E-state index contributed by atoms with van der Waals surface area (Å²) in [5.41, 5.74) is 4.48. The first-order chi connectivity index (χ1) is 16.3. The van der Waals surface area contributed by atoms with Crippen molar-refractivity contribution in [1.29, 1.82) is 0 Å². The Bertz CT molecular complexity index is 1710. The second-order valence-electron chi connectivity index (χ2n) is 8.28. The second-order valence-corrected chi connectivity index (χ2v) is 8.28. The van der Waals surface area contributed by atoms with Crippen LogP contribution in [0.2, 0.25) is 0 Å². The van der Waals surface area contributed by atoms with E-state index in [0.29, 0.717) is 5.82 Å². The molecule has 0 unspecified atom stereocenters. The van der Waals surface area contributed by atoms with Crippen LogP contribution in [0.25, 0.3) is 60.4 Å². The van der Waals surface area contributed by atoms with Gasteiger partial charge in [0, 0.05) is 22.0 Å². The molecule has 0 bridgehead atoms. The maximum Gasteiger partial charge on any atom is 0.162 e. The van der Waals surface area contributed by atoms with Crippen LogP contribution >= 0.6 is 0 Å². The highest BCUT2D eigenvalue weighted by Crippen LogP contribution is 2.37. The van der Waals surface area contributed by atoms with E-state index >= 15 is 0 Å². The molecule has 0 saturated heterocycles. The highest BCUT2D eigenvalue weighted by molar-refractivity contribution is 6.16. The lowest BCUT2D eigenvalue weighted by molar-refractivity contribution is 1.05. The SMILES string of the molecule is c1ccc2cc3c(cc2c1)c1cc2ccccc2cc1n3-c1ccc(-c2ncncn2)cc1. The fraction of sp³-hybridized carbons (Fsp3) is 0. The van der Waals surface area contributed by atoms with Crippen LogP contribution in [-0.2, 0) is 0 Å². The van der Waals surface area contributed by atoms with Gasteiger partial charge >= 0.3 is 0 Å². The van der Waals surface area contributed by atoms with Gasteiger partial charge in [0.15, 0.2) is 5.82 Å². The summed E-state index contributed by atoms with van der Waals surface area (Å²) in [6.07, 6.45) is 3.05. The van der Waals surface area contributed by atoms with Crippen LogP contribution in [0.5, 0.6) is 0 Å². The van der Waals surface area contributed by atoms with Crippen LogP contribution in [0.3, 0.4) is 0 Å². The number of fused-ring (bicyclic) bond motifs is 5. The predicted molar refractivity (Wildman–Crippen MR) is 135 cm³/mol. The maximum atomic E-state index is 4.28. The molecule has 2 aromatic heterocycles. The highest BCUT2D eigenvalue weighted by Gasteiger charge is 2.15. The first-order valence-electron chi connectivity index (χ1n) is 10.9. The summed E-state index contributed by atoms with van der Waals surface area (Å²) in [4.78, 5) is 12.5. The molecule has 0 radical (unpaired) electrons. The zero-order chi connectivity index (χ0) is 21.8. The molecule has 0 aliphatic rings. The predicted octanol–water partition coefficient (Wildman–Crippen LogP) is 6.94. The molecule has 4 nitrogen and oxygen atoms in total. The molecule has 0 saturated carbocycles. The third kappa shape index (κ3) is 2.81. The molecule has 0 atom stereocenters. The van der Waals surface area contributed by atoms with E-state index < -0.39 is 0 Å². The van der Waals surface area contributed by atoms with E-state index in [0.717, 1.165) is 11.3 Å². The summed E-state index contributed by atoms with van der Waals surface area (Å²) in [7, 11) is 0. The first kappa shape index (κ1) is 18.0. The van der Waals surface area contributed by atoms with Crippen LogP contribution in [0, 0.1) is 0 Å². The van der Waals surface area contributed by atoms with E-state index in [4.69, 9.17) is 0 Å². The number of benzene rings is 5. The smallest absolute Gasteiger partial charge is 0.162 e. The molecule has 0 N–H and O–H groups in total. The van der Waals surface area contributed by atoms with E-state index in [1.807, 2.05) is 0 Å². The Hall–Kier alpha value is -4.57. The molecule has 33 heavy (non-hydrogen) atoms. The van der Waals surface area contributed by atoms with E-state index in [1.54, 1.807) is 0 Å². The fourth-order valence-corrected chi connectivity index (χ4v) is 4.81. The van der Waals surface area contributed by atoms with E-state index in [1.165, 1.54) is 56.0 Å². The largest absolute Gasteiger partial charge is 0.309 e. The van der Waals surface area contributed by atoms with E-state index in [9.17, 15) is 0 Å². The van der Waals surface area contributed by atoms with Crippen molar-refractivity contribution in [2.45, 2.75) is 0 Å². The Labute approximate surface area is 189 Å². The molecule has 0 amide bonds. The van der Waals surface area contributed by atoms with Crippen LogP contribution in [0.4, 0.5) is 0 Å². The molecule has 7 rings (SSSR count). The summed E-state index contributed by atoms with van der Waals surface area (Å²) in [5, 5.41) is 7.50. The Morgan fingerprint density at radius 1 is 0.515 bits per heavy atom. The second kappa shape index (κ2) is 6.97. The molecular weight excluding hydrogens is 404 g/mol. The lowest BCUT2D eigenvalue weighted by atomic mass is 10.0. The van der Waals surface area contributed by atoms with Gasteiger partial charge in [-0.05, 0) is 70.1 Å². The topological polar surface area (TPSA) is 43.6 Å². The quantitative estimate of drug-likeness (QED) is 0.303. The van der Waals surface area contributed by atoms with E-state index in [2.05, 4.69) is 117 Å². The third-order valence-corrected chi connectivity index (χ3v) is 6.38. The number of nitrogens with zero attached hydrogens (tertiary/aromatic N) is 4. The van der Waals surface area contributed by atoms with Crippen LogP contribution in [0.15, 0.2) is 110 Å². The Kier molecular flexibility index (Phi) is 3.81. The normalized spacial score (nSPS) is 11.6. The number of aromatic nitrogens is 4. The molecule has 0 aliphatic heterocycles. The van der Waals surface area contributed by atoms with Crippen molar-refractivity contribution in [3.8, 4) is 17.1 Å². The summed E-state index contributed by atoms with van der Waals surface area (Å²) < 4.78 is 2.36. The van der Waals surface area contributed by atoms with Crippen molar-refractivity contribution in [3.63, 3.8) is 0 Å². The van der Waals surface area contributed by atoms with Crippen molar-refractivity contribution in [2.24, 2.45) is 0 Å². The molecule has 4 heteroatoms. The van der Waals surface area contributed by atoms with Gasteiger partial charge in [-0.15, -0.1) is 0 Å². The van der Waals surface area contributed by atoms with Gasteiger partial charge in [0.05, 0.1) is 11.0 Å². The molecule has 154 valence electrons. The lowest BCUT2D eigenvalue weighted by Gasteiger charge is -2.10. The third-order valence-electron chi connectivity index (χ3n) is 6.38. The minimum atomic E-state index is 0.677. The van der Waals surface area contributed by atoms with Crippen molar-refractivity contribution in [1.82, 2.24) is 19.5 Å². The summed E-state index contributed by atoms with van der Waals surface area (Å²) in [6.45, 7) is 0. The number of rotatable bonds is 2. The minimum Gasteiger partial charge on any atom is -0.309 e. The zero-order valence-electron chi connectivity index (χ0n) is 17.7. The highest BCUT2D eigenvalue weighted by atomic mass is 15.0. The Morgan fingerprint density at radius 3 is 1.52 bits per heavy atom. The monoisotopic (exact) mass is 422 g/mol. The standard InChI is InChI=1S/C29H18N4/c1-3-7-22-15-27-25(13-20(22)5-1)26-14-21-6-2-4-8-23(21)16-28(26)33(27)24-11-9-19(10-12-24)29-31-17-30-18-32-29/h1-18H. The molecular formula is C29H18N4. The molecule has 0 fully saturated rings. The first-order valence-corrected chi connectivity index (χ1v) is 10.9. The van der Waals surface area contributed by atoms with E-state index in [-0.39, 0.29) is 0 Å². The van der Waals surface area contributed by atoms with Gasteiger partial charge in [0.2, 0.25) is 0 Å². The summed E-state index contributed by atoms with van der Waals surface area (Å²) in [6, 6.07) is 34.8. The van der Waals surface area contributed by atoms with Crippen molar-refractivity contribution in [3.05, 3.63) is 110 Å². The van der Waals surface area contributed by atoms with Gasteiger partial charge in [0.1, 0.15) is 12.7 Å². The molecule has 2 heterocycles. The average Bonchev–Trinajstić information content (AvgIpc) is 3.18. The Morgan fingerprint density at radius 2 is 1.00 bits per heavy atom. The van der Waals surface area contributed by atoms with Crippen molar-refractivity contribution >= 4 is 43.4 Å². The van der Waals surface area contributed by atoms with Crippen LogP contribution < -0.4 is 0 Å². The fourth-order valence-electron chi connectivity index (χ4n) is 4.81. The van der Waals surface area contributed by atoms with Gasteiger partial charge in [-0.1, -0.05) is 48.5 Å². The van der Waals surface area contributed by atoms with Gasteiger partial charge in [-0.3, -0.25) is 0 Å². The van der Waals surface area contributed by atoms with Gasteiger partial charge in [-0.25, -0.2) is 15.0 Å². The summed E-state index contributed by atoms with van der Waals surface area (Å²) in [5.74, 6) is 0.677. The van der Waals surface area contributed by atoms with Crippen molar-refractivity contribution in [2.75, 3.05) is 0 Å². The van der Waals surface area contributed by atoms with Crippen LogP contribution in [-0.4, -0.2) is 19.5 Å². The Balaban J connectivity index is 1.55. The lowest BCUT2D eigenvalue weighted by Crippen LogP contribution is -1.95. The molecule has 0 spiro atoms. The minimum absolute atomic E-state index is 0.677. The van der Waals surface area contributed by atoms with Gasteiger partial charge < -0.3 is 4.57 Å². The van der Waals surface area contributed by atoms with Gasteiger partial charge in [0.25, 0.3) is 0 Å². The summed E-state index contributed by atoms with van der Waals surface area (Å²) >= 11 is 0. The average molecular weight is 422 g/mol. The number of hydrogen-bond donors (Lipinski definition) is 0. The maximum absolute atomic E-state index is 4.28. The molecule has 7 aromatic rings. The molecule has 5 aromatic carbocycles. The zero-order valence-corrected chi connectivity index (χ0v) is 17.7.